The molecular weight excluding hydrogens is 268 g/mol. The van der Waals surface area contributed by atoms with Gasteiger partial charge in [-0.2, -0.15) is 0 Å². The molecule has 0 amide bonds. The Kier molecular flexibility index (Phi) is 2.88. The van der Waals surface area contributed by atoms with E-state index in [0.29, 0.717) is 25.8 Å². The van der Waals surface area contributed by atoms with Crippen LogP contribution in [0.15, 0.2) is 6.20 Å². The summed E-state index contributed by atoms with van der Waals surface area (Å²) in [5.41, 5.74) is 0.808. The van der Waals surface area contributed by atoms with Crippen LogP contribution in [0.5, 0.6) is 0 Å². The summed E-state index contributed by atoms with van der Waals surface area (Å²) in [5, 5.41) is 9.04. The van der Waals surface area contributed by atoms with E-state index in [0.717, 1.165) is 11.5 Å². The summed E-state index contributed by atoms with van der Waals surface area (Å²) in [6.45, 7) is 0.442. The third-order valence-electron chi connectivity index (χ3n) is 4.01. The number of carbonyl (C=O) groups is 1. The van der Waals surface area contributed by atoms with E-state index in [1.165, 1.54) is 0 Å². The van der Waals surface area contributed by atoms with Crippen LogP contribution >= 0.6 is 0 Å². The summed E-state index contributed by atoms with van der Waals surface area (Å²) in [6, 6.07) is 0. The molecule has 3 heterocycles. The monoisotopic (exact) mass is 284 g/mol. The van der Waals surface area contributed by atoms with E-state index >= 15 is 0 Å². The summed E-state index contributed by atoms with van der Waals surface area (Å²) in [4.78, 5) is 15.5. The van der Waals surface area contributed by atoms with Gasteiger partial charge < -0.3 is 9.67 Å². The van der Waals surface area contributed by atoms with E-state index in [9.17, 15) is 13.2 Å². The van der Waals surface area contributed by atoms with E-state index < -0.39 is 15.8 Å². The minimum absolute atomic E-state index is 0.0219. The molecule has 1 aromatic heterocycles. The topological polar surface area (TPSA) is 89.3 Å². The molecule has 0 radical (unpaired) electrons. The smallest absolute Gasteiger partial charge is 0.308 e. The summed E-state index contributed by atoms with van der Waals surface area (Å²) in [7, 11) is -2.91. The standard InChI is InChI=1S/C12H16N2O4S/c15-12(16)8-1-2-11-13-10(6-14(11)5-8)9-3-4-19(17,18)7-9/h6,8-9H,1-5,7H2,(H,15,16). The van der Waals surface area contributed by atoms with Crippen LogP contribution in [0.4, 0.5) is 0 Å². The van der Waals surface area contributed by atoms with Gasteiger partial charge in [0.2, 0.25) is 0 Å². The normalized spacial score (nSPS) is 29.1. The molecule has 19 heavy (non-hydrogen) atoms. The van der Waals surface area contributed by atoms with Crippen molar-refractivity contribution in [2.45, 2.75) is 31.7 Å². The third-order valence-corrected chi connectivity index (χ3v) is 5.78. The van der Waals surface area contributed by atoms with Gasteiger partial charge in [-0.1, -0.05) is 0 Å². The average molecular weight is 284 g/mol. The molecule has 0 spiro atoms. The zero-order valence-electron chi connectivity index (χ0n) is 10.4. The Morgan fingerprint density at radius 2 is 2.21 bits per heavy atom. The highest BCUT2D eigenvalue weighted by atomic mass is 32.2. The van der Waals surface area contributed by atoms with Crippen molar-refractivity contribution in [1.82, 2.24) is 9.55 Å². The number of aromatic nitrogens is 2. The maximum absolute atomic E-state index is 11.5. The fourth-order valence-electron chi connectivity index (χ4n) is 2.89. The molecule has 2 unspecified atom stereocenters. The van der Waals surface area contributed by atoms with Crippen LogP contribution in [0.2, 0.25) is 0 Å². The molecular formula is C12H16N2O4S. The highest BCUT2D eigenvalue weighted by molar-refractivity contribution is 7.91. The Morgan fingerprint density at radius 1 is 1.42 bits per heavy atom. The number of aliphatic carboxylic acids is 1. The highest BCUT2D eigenvalue weighted by Gasteiger charge is 2.32. The second-order valence-corrected chi connectivity index (χ2v) is 7.64. The SMILES string of the molecule is O=C(O)C1CCc2nc(C3CCS(=O)(=O)C3)cn2C1. The molecule has 0 bridgehead atoms. The van der Waals surface area contributed by atoms with Crippen molar-refractivity contribution in [3.63, 3.8) is 0 Å². The Balaban J connectivity index is 1.82. The van der Waals surface area contributed by atoms with Crippen LogP contribution in [0.25, 0.3) is 0 Å². The van der Waals surface area contributed by atoms with E-state index in [1.807, 2.05) is 10.8 Å². The molecule has 3 rings (SSSR count). The molecule has 0 aliphatic carbocycles. The average Bonchev–Trinajstić information content (AvgIpc) is 2.90. The Morgan fingerprint density at radius 3 is 2.84 bits per heavy atom. The van der Waals surface area contributed by atoms with Gasteiger partial charge in [-0.3, -0.25) is 4.79 Å². The minimum atomic E-state index is -2.91. The lowest BCUT2D eigenvalue weighted by molar-refractivity contribution is -0.142. The molecule has 0 aromatic carbocycles. The number of fused-ring (bicyclic) bond motifs is 1. The van der Waals surface area contributed by atoms with Crippen molar-refractivity contribution < 1.29 is 18.3 Å². The number of nitrogens with zero attached hydrogens (tertiary/aromatic N) is 2. The van der Waals surface area contributed by atoms with Crippen LogP contribution in [0.1, 0.15) is 30.3 Å². The number of aryl methyl sites for hydroxylation is 1. The molecule has 0 saturated carbocycles. The second kappa shape index (κ2) is 4.33. The van der Waals surface area contributed by atoms with E-state index in [1.54, 1.807) is 0 Å². The molecule has 2 atom stereocenters. The Hall–Kier alpha value is -1.37. The first-order chi connectivity index (χ1) is 8.94. The maximum Gasteiger partial charge on any atom is 0.308 e. The van der Waals surface area contributed by atoms with Crippen molar-refractivity contribution in [1.29, 1.82) is 0 Å². The van der Waals surface area contributed by atoms with Gasteiger partial charge in [0.25, 0.3) is 0 Å². The number of rotatable bonds is 2. The Bertz CT molecular complexity index is 620. The highest BCUT2D eigenvalue weighted by Crippen LogP contribution is 2.30. The van der Waals surface area contributed by atoms with Crippen LogP contribution in [0.3, 0.4) is 0 Å². The van der Waals surface area contributed by atoms with E-state index in [-0.39, 0.29) is 23.3 Å². The zero-order valence-corrected chi connectivity index (χ0v) is 11.3. The largest absolute Gasteiger partial charge is 0.481 e. The van der Waals surface area contributed by atoms with E-state index in [4.69, 9.17) is 5.11 Å². The van der Waals surface area contributed by atoms with Crippen molar-refractivity contribution in [3.05, 3.63) is 17.7 Å². The van der Waals surface area contributed by atoms with Gasteiger partial charge in [0.15, 0.2) is 9.84 Å². The zero-order chi connectivity index (χ0) is 13.6. The van der Waals surface area contributed by atoms with Crippen molar-refractivity contribution in [3.8, 4) is 0 Å². The molecule has 1 fully saturated rings. The van der Waals surface area contributed by atoms with Crippen LogP contribution in [-0.4, -0.2) is 40.6 Å². The lowest BCUT2D eigenvalue weighted by Crippen LogP contribution is -2.26. The molecule has 2 aliphatic rings. The molecule has 2 aliphatic heterocycles. The quantitative estimate of drug-likeness (QED) is 0.850. The van der Waals surface area contributed by atoms with Crippen LogP contribution in [-0.2, 0) is 27.6 Å². The van der Waals surface area contributed by atoms with Gasteiger partial charge in [-0.25, -0.2) is 13.4 Å². The number of carboxylic acid groups (broad SMARTS) is 1. The lowest BCUT2D eigenvalue weighted by atomic mass is 10.00. The summed E-state index contributed by atoms with van der Waals surface area (Å²) < 4.78 is 24.9. The summed E-state index contributed by atoms with van der Waals surface area (Å²) >= 11 is 0. The second-order valence-electron chi connectivity index (χ2n) is 5.41. The number of hydrogen-bond donors (Lipinski definition) is 1. The van der Waals surface area contributed by atoms with Gasteiger partial charge in [0, 0.05) is 25.1 Å². The number of sulfone groups is 1. The molecule has 104 valence electrons. The van der Waals surface area contributed by atoms with Crippen LogP contribution < -0.4 is 0 Å². The molecule has 1 saturated heterocycles. The fraction of sp³-hybridized carbons (Fsp3) is 0.667. The third kappa shape index (κ3) is 2.39. The van der Waals surface area contributed by atoms with E-state index in [2.05, 4.69) is 4.98 Å². The summed E-state index contributed by atoms with van der Waals surface area (Å²) in [5.74, 6) is 0.137. The number of carboxylic acids is 1. The fourth-order valence-corrected chi connectivity index (χ4v) is 4.65. The lowest BCUT2D eigenvalue weighted by Gasteiger charge is -2.19. The van der Waals surface area contributed by atoms with Crippen molar-refractivity contribution in [2.75, 3.05) is 11.5 Å². The van der Waals surface area contributed by atoms with Gasteiger partial charge in [0.1, 0.15) is 5.82 Å². The minimum Gasteiger partial charge on any atom is -0.481 e. The first-order valence-corrected chi connectivity index (χ1v) is 8.26. The van der Waals surface area contributed by atoms with Crippen molar-refractivity contribution in [2.24, 2.45) is 5.92 Å². The summed E-state index contributed by atoms with van der Waals surface area (Å²) in [6.07, 6.45) is 3.72. The predicted molar refractivity (Wildman–Crippen MR) is 67.7 cm³/mol. The van der Waals surface area contributed by atoms with Crippen molar-refractivity contribution >= 4 is 15.8 Å². The molecule has 7 heteroatoms. The first kappa shape index (κ1) is 12.7. The molecule has 6 nitrogen and oxygen atoms in total. The Labute approximate surface area is 111 Å². The van der Waals surface area contributed by atoms with Gasteiger partial charge in [0.05, 0.1) is 23.1 Å². The maximum atomic E-state index is 11.5. The number of imidazole rings is 1. The van der Waals surface area contributed by atoms with Gasteiger partial charge >= 0.3 is 5.97 Å². The number of hydrogen-bond acceptors (Lipinski definition) is 4. The van der Waals surface area contributed by atoms with Gasteiger partial charge in [-0.05, 0) is 12.8 Å². The van der Waals surface area contributed by atoms with Gasteiger partial charge in [-0.15, -0.1) is 0 Å². The predicted octanol–water partition coefficient (Wildman–Crippen LogP) is 0.432. The van der Waals surface area contributed by atoms with Crippen LogP contribution in [0, 0.1) is 5.92 Å². The molecule has 1 aromatic rings. The molecule has 1 N–H and O–H groups in total. The first-order valence-electron chi connectivity index (χ1n) is 6.44.